The number of carbonyl (C=O) groups is 2. The highest BCUT2D eigenvalue weighted by Crippen LogP contribution is 2.46. The topological polar surface area (TPSA) is 162 Å². The minimum absolute atomic E-state index is 0.0659. The quantitative estimate of drug-likeness (QED) is 0.209. The molecule has 6 N–H and O–H groups in total. The molecule has 1 unspecified atom stereocenters. The van der Waals surface area contributed by atoms with E-state index in [9.17, 15) is 14.7 Å². The number of nitrogen functional groups attached to an aromatic ring is 1. The van der Waals surface area contributed by atoms with E-state index >= 15 is 4.39 Å². The van der Waals surface area contributed by atoms with Gasteiger partial charge in [-0.1, -0.05) is 6.07 Å². The molecule has 2 aromatic carbocycles. The van der Waals surface area contributed by atoms with E-state index in [4.69, 9.17) is 20.9 Å². The van der Waals surface area contributed by atoms with Gasteiger partial charge in [0.25, 0.3) is 5.91 Å². The van der Waals surface area contributed by atoms with Crippen molar-refractivity contribution in [3.63, 3.8) is 0 Å². The van der Waals surface area contributed by atoms with Gasteiger partial charge in [0.05, 0.1) is 29.0 Å². The average molecular weight is 626 g/mol. The monoisotopic (exact) mass is 625 g/mol. The number of nitrogens with zero attached hydrogens (tertiary/aromatic N) is 2. The molecule has 2 aliphatic rings. The Kier molecular flexibility index (Phi) is 7.71. The normalized spacial score (nSPS) is 18.6. The molecule has 0 spiro atoms. The lowest BCUT2D eigenvalue weighted by Gasteiger charge is -2.20. The molecule has 0 bridgehead atoms. The molecule has 1 aliphatic carbocycles. The molecule has 12 heteroatoms. The highest BCUT2D eigenvalue weighted by atomic mass is 79.9. The highest BCUT2D eigenvalue weighted by Gasteiger charge is 2.44. The fourth-order valence-electron chi connectivity index (χ4n) is 4.51. The lowest BCUT2D eigenvalue weighted by Crippen LogP contribution is -2.40. The van der Waals surface area contributed by atoms with Gasteiger partial charge in [-0.05, 0) is 66.0 Å². The van der Waals surface area contributed by atoms with Crippen LogP contribution in [-0.2, 0) is 10.2 Å². The summed E-state index contributed by atoms with van der Waals surface area (Å²) in [5, 5.41) is 13.8. The molecule has 41 heavy (non-hydrogen) atoms. The van der Waals surface area contributed by atoms with Crippen LogP contribution in [0.1, 0.15) is 53.0 Å². The Morgan fingerprint density at radius 1 is 1.37 bits per heavy atom. The molecule has 3 aromatic rings. The van der Waals surface area contributed by atoms with Gasteiger partial charge in [0.15, 0.2) is 0 Å². The minimum atomic E-state index is -1.32. The number of methoxy groups -OCH3 is 1. The summed E-state index contributed by atoms with van der Waals surface area (Å²) < 4.78 is 26.5. The third kappa shape index (κ3) is 5.49. The first-order chi connectivity index (χ1) is 19.5. The number of pyridine rings is 1. The lowest BCUT2D eigenvalue weighted by atomic mass is 9.83. The number of nitrogens with two attached hydrogens (primary N) is 2. The van der Waals surface area contributed by atoms with Crippen LogP contribution in [0, 0.1) is 5.82 Å². The van der Waals surface area contributed by atoms with Crippen LogP contribution in [0.5, 0.6) is 11.5 Å². The van der Waals surface area contributed by atoms with Crippen molar-refractivity contribution in [1.29, 1.82) is 0 Å². The first kappa shape index (κ1) is 28.5. The summed E-state index contributed by atoms with van der Waals surface area (Å²) in [4.78, 5) is 34.4. The number of aromatic nitrogens is 1. The van der Waals surface area contributed by atoms with E-state index in [1.807, 2.05) is 0 Å². The number of ether oxygens (including phenoxy) is 2. The zero-order valence-corrected chi connectivity index (χ0v) is 24.0. The second kappa shape index (κ2) is 11.1. The van der Waals surface area contributed by atoms with Crippen molar-refractivity contribution in [2.24, 2.45) is 10.7 Å². The number of aliphatic hydroxyl groups excluding tert-OH is 1. The lowest BCUT2D eigenvalue weighted by molar-refractivity contribution is -0.123. The zero-order chi connectivity index (χ0) is 29.5. The van der Waals surface area contributed by atoms with Gasteiger partial charge in [0.2, 0.25) is 5.91 Å². The van der Waals surface area contributed by atoms with Crippen LogP contribution < -0.4 is 26.3 Å². The maximum Gasteiger partial charge on any atom is 0.251 e. The fourth-order valence-corrected chi connectivity index (χ4v) is 4.87. The number of carbonyl (C=O) groups excluding carboxylic acids is 2. The molecule has 2 amide bonds. The summed E-state index contributed by atoms with van der Waals surface area (Å²) in [5.74, 6) is -1.19. The number of benzene rings is 2. The first-order valence-electron chi connectivity index (χ1n) is 12.9. The van der Waals surface area contributed by atoms with E-state index in [1.54, 1.807) is 25.3 Å². The van der Waals surface area contributed by atoms with E-state index in [1.165, 1.54) is 31.4 Å². The van der Waals surface area contributed by atoms with Crippen molar-refractivity contribution in [2.45, 2.75) is 37.3 Å². The number of nitrogens with one attached hydrogen (secondary N) is 1. The number of fused-ring (bicyclic) bond motifs is 1. The van der Waals surface area contributed by atoms with Crippen LogP contribution in [0.2, 0.25) is 0 Å². The summed E-state index contributed by atoms with van der Waals surface area (Å²) in [6.07, 6.45) is 2.35. The van der Waals surface area contributed by atoms with E-state index in [2.05, 4.69) is 31.2 Å². The molecule has 2 atom stereocenters. The Hall–Kier alpha value is -4.03. The number of amides is 2. The van der Waals surface area contributed by atoms with Crippen molar-refractivity contribution >= 4 is 39.6 Å². The summed E-state index contributed by atoms with van der Waals surface area (Å²) in [6.45, 7) is 1.31. The molecule has 1 aliphatic heterocycles. The number of hydrogen-bond donors (Lipinski definition) is 4. The number of hydrogen-bond acceptors (Lipinski definition) is 8. The molecule has 0 saturated heterocycles. The zero-order valence-electron chi connectivity index (χ0n) is 22.4. The van der Waals surface area contributed by atoms with Crippen molar-refractivity contribution in [3.8, 4) is 22.8 Å². The number of rotatable bonds is 9. The van der Waals surface area contributed by atoms with Crippen molar-refractivity contribution < 1.29 is 28.6 Å². The van der Waals surface area contributed by atoms with Crippen LogP contribution in [0.15, 0.2) is 45.9 Å². The molecular formula is C29H29BrFN5O5. The van der Waals surface area contributed by atoms with E-state index < -0.39 is 29.2 Å². The summed E-state index contributed by atoms with van der Waals surface area (Å²) in [6, 6.07) is 9.56. The molecule has 1 aromatic heterocycles. The van der Waals surface area contributed by atoms with Gasteiger partial charge in [-0.2, -0.15) is 0 Å². The minimum Gasteiger partial charge on any atom is -0.495 e. The SMILES string of the molecule is COc1cc(C(=O)NCC(O)c2cc3c(c(-c4cccc(Br)c4F)n2)OC[C@]3(C)C(N)=O)cc(C=NC2CC2)c1N. The van der Waals surface area contributed by atoms with E-state index in [0.717, 1.165) is 12.8 Å². The number of aliphatic hydroxyl groups is 1. The Morgan fingerprint density at radius 3 is 2.80 bits per heavy atom. The predicted molar refractivity (Wildman–Crippen MR) is 155 cm³/mol. The molecule has 214 valence electrons. The summed E-state index contributed by atoms with van der Waals surface area (Å²) >= 11 is 3.18. The van der Waals surface area contributed by atoms with Gasteiger partial charge < -0.3 is 31.4 Å². The number of primary amides is 1. The third-order valence-electron chi connectivity index (χ3n) is 7.27. The maximum absolute atomic E-state index is 15.1. The number of aliphatic imine (C=N–C) groups is 1. The largest absolute Gasteiger partial charge is 0.495 e. The molecule has 10 nitrogen and oxygen atoms in total. The van der Waals surface area contributed by atoms with Crippen molar-refractivity contribution in [1.82, 2.24) is 10.3 Å². The van der Waals surface area contributed by atoms with Crippen LogP contribution in [0.25, 0.3) is 11.3 Å². The maximum atomic E-state index is 15.1. The number of halogens is 2. The molecule has 1 fully saturated rings. The molecule has 5 rings (SSSR count). The predicted octanol–water partition coefficient (Wildman–Crippen LogP) is 3.42. The number of anilines is 1. The van der Waals surface area contributed by atoms with E-state index in [0.29, 0.717) is 22.6 Å². The average Bonchev–Trinajstić information content (AvgIpc) is 3.73. The van der Waals surface area contributed by atoms with Gasteiger partial charge in [0.1, 0.15) is 41.1 Å². The van der Waals surface area contributed by atoms with Crippen LogP contribution >= 0.6 is 15.9 Å². The Balaban J connectivity index is 1.45. The van der Waals surface area contributed by atoms with E-state index in [-0.39, 0.29) is 51.9 Å². The molecule has 2 heterocycles. The van der Waals surface area contributed by atoms with Gasteiger partial charge in [-0.3, -0.25) is 14.6 Å². The Morgan fingerprint density at radius 2 is 2.12 bits per heavy atom. The van der Waals surface area contributed by atoms with Crippen LogP contribution in [0.4, 0.5) is 10.1 Å². The fraction of sp³-hybridized carbons (Fsp3) is 0.310. The molecular weight excluding hydrogens is 597 g/mol. The third-order valence-corrected chi connectivity index (χ3v) is 7.88. The Labute approximate surface area is 244 Å². The van der Waals surface area contributed by atoms with Crippen LogP contribution in [0.3, 0.4) is 0 Å². The van der Waals surface area contributed by atoms with Crippen molar-refractivity contribution in [2.75, 3.05) is 26.0 Å². The second-order valence-corrected chi connectivity index (χ2v) is 11.1. The van der Waals surface area contributed by atoms with Gasteiger partial charge in [0, 0.05) is 35.0 Å². The standard InChI is InChI=1S/C29H29BrFN5O5/c1-29(28(33)39)13-41-26-18(29)10-20(36-25(26)17-4-3-5-19(30)23(17)31)21(37)12-35-27(38)14-8-15(11-34-16-6-7-16)24(32)22(9-14)40-2/h3-5,8-11,16,21,37H,6-7,12-13,32H2,1-2H3,(H2,33,39)(H,35,38)/t21?,29-/m0/s1. The highest BCUT2D eigenvalue weighted by molar-refractivity contribution is 9.10. The van der Waals surface area contributed by atoms with Crippen molar-refractivity contribution in [3.05, 3.63) is 69.1 Å². The van der Waals surface area contributed by atoms with Gasteiger partial charge in [-0.25, -0.2) is 9.37 Å². The first-order valence-corrected chi connectivity index (χ1v) is 13.7. The Bertz CT molecular complexity index is 1580. The molecule has 0 radical (unpaired) electrons. The van der Waals surface area contributed by atoms with Crippen LogP contribution in [-0.4, -0.2) is 54.4 Å². The van der Waals surface area contributed by atoms with Gasteiger partial charge in [-0.15, -0.1) is 0 Å². The van der Waals surface area contributed by atoms with Gasteiger partial charge >= 0.3 is 0 Å². The second-order valence-electron chi connectivity index (χ2n) is 10.3. The smallest absolute Gasteiger partial charge is 0.251 e. The molecule has 1 saturated carbocycles. The summed E-state index contributed by atoms with van der Waals surface area (Å²) in [7, 11) is 1.45. The summed E-state index contributed by atoms with van der Waals surface area (Å²) in [5.41, 5.74) is 12.5.